The first kappa shape index (κ1) is 75.7. The SMILES string of the molecule is COc1ccc2c(OS(=O)(=O)Oc3cc(C(=O)NCC(C)(C)OCC(C)(C)Cn4cc(C(C)(C)OCC(C)(C)CN5C(=O)C=CC5=O)nn4)ccc3O[C@@H]3O[C@H](C(=O)O)[C@@H](O)[C@H](O)[C@H]3O)cc3c(c2c1)[C@H](CCl)CN3C(=O)c1cc2cc(/C(C)=N/O[C@@H]3O[C@H](C(=O)O)[C@@H](O)[C@H](O)[C@H]3O)ccc2[nH]1. The van der Waals surface area contributed by atoms with Crippen molar-refractivity contribution in [3.8, 4) is 23.0 Å². The van der Waals surface area contributed by atoms with Crippen LogP contribution in [-0.4, -0.2) is 228 Å². The number of H-pyrrole nitrogens is 1. The Balaban J connectivity index is 0.865. The Hall–Kier alpha value is -8.91. The van der Waals surface area contributed by atoms with Gasteiger partial charge in [0.05, 0.1) is 43.5 Å². The number of carboxylic acids is 2. The number of ether oxygens (including phenoxy) is 6. The second-order valence-electron chi connectivity index (χ2n) is 27.8. The highest BCUT2D eigenvalue weighted by Crippen LogP contribution is 2.48. The number of carbonyl (C=O) groups excluding carboxylic acids is 4. The molecule has 0 saturated carbocycles. The maximum Gasteiger partial charge on any atom is 0.501 e. The number of alkyl halides is 1. The van der Waals surface area contributed by atoms with E-state index < -0.39 is 141 Å². The molecular weight excluding hydrogens is 1380 g/mol. The topological polar surface area (TPSA) is 459 Å². The number of aliphatic hydroxyl groups excluding tert-OH is 6. The minimum Gasteiger partial charge on any atom is -0.497 e. The number of benzene rings is 4. The summed E-state index contributed by atoms with van der Waals surface area (Å²) in [5, 5.41) is 98.5. The van der Waals surface area contributed by atoms with E-state index in [0.717, 1.165) is 17.0 Å². The van der Waals surface area contributed by atoms with Crippen LogP contribution in [0.2, 0.25) is 0 Å². The number of halogens is 1. The number of methoxy groups -OCH3 is 1. The molecule has 10 rings (SSSR count). The van der Waals surface area contributed by atoms with Crippen molar-refractivity contribution in [1.82, 2.24) is 30.2 Å². The number of hydrogen-bond donors (Lipinski definition) is 10. The Morgan fingerprint density at radius 1 is 0.725 bits per heavy atom. The number of aliphatic carboxylic acids is 2. The molecule has 4 amide bonds. The Labute approximate surface area is 588 Å². The van der Waals surface area contributed by atoms with Crippen molar-refractivity contribution in [2.75, 3.05) is 50.7 Å². The largest absolute Gasteiger partial charge is 0.501 e. The summed E-state index contributed by atoms with van der Waals surface area (Å²) >= 11 is 6.64. The van der Waals surface area contributed by atoms with Gasteiger partial charge >= 0.3 is 22.3 Å². The monoisotopic (exact) mass is 1460 g/mol. The van der Waals surface area contributed by atoms with Crippen LogP contribution in [0.4, 0.5) is 5.69 Å². The van der Waals surface area contributed by atoms with E-state index in [4.69, 9.17) is 53.2 Å². The third kappa shape index (κ3) is 16.6. The van der Waals surface area contributed by atoms with Gasteiger partial charge in [0, 0.05) is 88.9 Å². The molecule has 102 heavy (non-hydrogen) atoms. The number of hydrogen-bond acceptors (Lipinski definition) is 26. The molecule has 0 unspecified atom stereocenters. The Bertz CT molecular complexity index is 4380. The first-order valence-corrected chi connectivity index (χ1v) is 33.8. The quantitative estimate of drug-likeness (QED) is 0.0146. The van der Waals surface area contributed by atoms with Crippen molar-refractivity contribution >= 4 is 90.6 Å². The molecule has 0 aliphatic carbocycles. The van der Waals surface area contributed by atoms with Gasteiger partial charge in [-0.2, -0.15) is 0 Å². The maximum atomic E-state index is 14.9. The normalized spacial score (nSPS) is 23.6. The molecular formula is C67H79ClN8O25S. The van der Waals surface area contributed by atoms with Crippen LogP contribution in [0.25, 0.3) is 21.7 Å². The maximum absolute atomic E-state index is 14.9. The van der Waals surface area contributed by atoms with Gasteiger partial charge in [-0.05, 0) is 106 Å². The zero-order valence-electron chi connectivity index (χ0n) is 56.9. The van der Waals surface area contributed by atoms with Gasteiger partial charge < -0.3 is 97.7 Å². The number of fused-ring (bicyclic) bond motifs is 4. The molecule has 4 aliphatic rings. The van der Waals surface area contributed by atoms with Gasteiger partial charge in [0.15, 0.2) is 29.5 Å². The minimum absolute atomic E-state index is 0.0250. The van der Waals surface area contributed by atoms with Crippen molar-refractivity contribution in [3.05, 3.63) is 113 Å². The van der Waals surface area contributed by atoms with E-state index >= 15 is 0 Å². The molecule has 2 fully saturated rings. The molecule has 2 saturated heterocycles. The third-order valence-electron chi connectivity index (χ3n) is 17.5. The van der Waals surface area contributed by atoms with Crippen molar-refractivity contribution in [1.29, 1.82) is 0 Å². The lowest BCUT2D eigenvalue weighted by atomic mass is 9.93. The lowest BCUT2D eigenvalue weighted by molar-refractivity contribution is -0.294. The number of nitrogens with one attached hydrogen (secondary N) is 2. The number of carboxylic acid groups (broad SMARTS) is 2. The van der Waals surface area contributed by atoms with Crippen molar-refractivity contribution in [3.63, 3.8) is 0 Å². The molecule has 35 heteroatoms. The predicted molar refractivity (Wildman–Crippen MR) is 358 cm³/mol. The predicted octanol–water partition coefficient (Wildman–Crippen LogP) is 2.96. The second kappa shape index (κ2) is 29.4. The van der Waals surface area contributed by atoms with Gasteiger partial charge in [0.1, 0.15) is 59.4 Å². The molecule has 0 radical (unpaired) electrons. The van der Waals surface area contributed by atoms with E-state index in [0.29, 0.717) is 45.4 Å². The van der Waals surface area contributed by atoms with Crippen molar-refractivity contribution in [2.45, 2.75) is 147 Å². The smallest absolute Gasteiger partial charge is 0.497 e. The number of carbonyl (C=O) groups is 6. The van der Waals surface area contributed by atoms with E-state index in [-0.39, 0.29) is 78.6 Å². The van der Waals surface area contributed by atoms with Crippen LogP contribution in [-0.2, 0) is 65.5 Å². The van der Waals surface area contributed by atoms with Crippen LogP contribution in [0.1, 0.15) is 106 Å². The van der Waals surface area contributed by atoms with Gasteiger partial charge in [-0.25, -0.2) is 9.59 Å². The fourth-order valence-corrected chi connectivity index (χ4v) is 12.7. The van der Waals surface area contributed by atoms with Crippen LogP contribution in [0, 0.1) is 10.8 Å². The number of amides is 4. The zero-order valence-corrected chi connectivity index (χ0v) is 58.4. The van der Waals surface area contributed by atoms with E-state index in [9.17, 15) is 78.0 Å². The van der Waals surface area contributed by atoms with Gasteiger partial charge in [-0.3, -0.25) is 28.8 Å². The lowest BCUT2D eigenvalue weighted by Crippen LogP contribution is -2.61. The summed E-state index contributed by atoms with van der Waals surface area (Å²) in [6, 6.07) is 15.5. The number of anilines is 1. The Morgan fingerprint density at radius 3 is 1.99 bits per heavy atom. The summed E-state index contributed by atoms with van der Waals surface area (Å²) in [7, 11) is -4.04. The van der Waals surface area contributed by atoms with Crippen LogP contribution in [0.3, 0.4) is 0 Å². The van der Waals surface area contributed by atoms with Crippen LogP contribution >= 0.6 is 11.6 Å². The third-order valence-corrected chi connectivity index (χ3v) is 18.6. The van der Waals surface area contributed by atoms with Gasteiger partial charge in [-0.1, -0.05) is 44.1 Å². The Kier molecular flexibility index (Phi) is 21.9. The summed E-state index contributed by atoms with van der Waals surface area (Å²) < 4.78 is 76.8. The number of aliphatic hydroxyl groups is 6. The molecule has 0 bridgehead atoms. The van der Waals surface area contributed by atoms with Gasteiger partial charge in [0.2, 0.25) is 6.29 Å². The average molecular weight is 1460 g/mol. The van der Waals surface area contributed by atoms with Gasteiger partial charge in [-0.15, -0.1) is 25.1 Å². The number of aromatic nitrogens is 4. The molecule has 4 aliphatic heterocycles. The molecule has 4 aromatic carbocycles. The number of imide groups is 1. The number of nitrogens with zero attached hydrogens (tertiary/aromatic N) is 6. The molecule has 2 aromatic heterocycles. The molecule has 10 N–H and O–H groups in total. The minimum atomic E-state index is -5.44. The first-order chi connectivity index (χ1) is 47.8. The highest BCUT2D eigenvalue weighted by atomic mass is 35.5. The summed E-state index contributed by atoms with van der Waals surface area (Å²) in [6.07, 6.45) is -15.9. The standard InChI is InChI=1S/C67H79ClN8O25S/c1-32(72-99-63-55(84)51(80)53(82)57(98-63)61(89)90)33-11-15-40-35(19-33)20-41(70-40)59(86)75-25-36(24-68)49-39-22-37(93-10)13-14-38(39)44(23-42(49)75)100-102(91,92)101-45-21-34(12-16-43(45)96-62-54(83)50(79)52(81)56(97-62)60(87)88)58(85)69-27-66(6,7)94-30-64(2,3)28-74-26-46(71-73-74)67(8,9)95-31-65(4,5)29-76-47(77)17-18-48(76)78/h11-23,26,36,50-57,62-63,70,79-84H,24-25,27-31H2,1-10H3,(H,69,85)(H,87,88)(H,89,90)/b72-32+/t36-,50+,51+,52+,53+,54-,55-,56+,57+,62-,63+/m1/s1. The second-order valence-corrected chi connectivity index (χ2v) is 29.3. The molecule has 0 spiro atoms. The highest BCUT2D eigenvalue weighted by molar-refractivity contribution is 7.82. The molecule has 11 atom stereocenters. The number of aromatic amines is 1. The van der Waals surface area contributed by atoms with Gasteiger partial charge in [0.25, 0.3) is 29.9 Å². The Morgan fingerprint density at radius 2 is 1.34 bits per heavy atom. The summed E-state index contributed by atoms with van der Waals surface area (Å²) in [5.74, 6) is -7.62. The summed E-state index contributed by atoms with van der Waals surface area (Å²) in [4.78, 5) is 88.1. The lowest BCUT2D eigenvalue weighted by Gasteiger charge is -2.38. The summed E-state index contributed by atoms with van der Waals surface area (Å²) in [5.41, 5.74) is -1.07. The molecule has 550 valence electrons. The summed E-state index contributed by atoms with van der Waals surface area (Å²) in [6.45, 7) is 16.9. The van der Waals surface area contributed by atoms with E-state index in [1.165, 1.54) is 61.4 Å². The van der Waals surface area contributed by atoms with Crippen LogP contribution in [0.15, 0.2) is 90.2 Å². The highest BCUT2D eigenvalue weighted by Gasteiger charge is 2.50. The van der Waals surface area contributed by atoms with Crippen LogP contribution < -0.4 is 28.1 Å². The van der Waals surface area contributed by atoms with E-state index in [2.05, 4.69) is 25.8 Å². The molecule has 6 aromatic rings. The fraction of sp³-hybridized carbons (Fsp3) is 0.478. The van der Waals surface area contributed by atoms with Crippen molar-refractivity contribution < 1.29 is 120 Å². The number of oxime groups is 1. The van der Waals surface area contributed by atoms with E-state index in [1.54, 1.807) is 49.0 Å². The van der Waals surface area contributed by atoms with E-state index in [1.807, 2.05) is 41.5 Å². The molecule has 33 nitrogen and oxygen atoms in total. The average Bonchev–Trinajstić information content (AvgIpc) is 1.54. The van der Waals surface area contributed by atoms with Crippen molar-refractivity contribution in [2.24, 2.45) is 16.0 Å². The van der Waals surface area contributed by atoms with Crippen LogP contribution in [0.5, 0.6) is 23.0 Å². The molecule has 6 heterocycles. The number of rotatable bonds is 28. The first-order valence-electron chi connectivity index (χ1n) is 31.9. The fourth-order valence-electron chi connectivity index (χ4n) is 11.7. The zero-order chi connectivity index (χ0) is 74.5.